The minimum absolute atomic E-state index is 0.0412. The summed E-state index contributed by atoms with van der Waals surface area (Å²) >= 11 is 6.06. The van der Waals surface area contributed by atoms with Gasteiger partial charge in [-0.2, -0.15) is 0 Å². The molecule has 18 heavy (non-hydrogen) atoms. The van der Waals surface area contributed by atoms with Crippen molar-refractivity contribution in [2.24, 2.45) is 0 Å². The van der Waals surface area contributed by atoms with Gasteiger partial charge in [-0.05, 0) is 25.1 Å². The molecule has 0 heterocycles. The molecule has 92 valence electrons. The fourth-order valence-electron chi connectivity index (χ4n) is 1.67. The number of carbonyl (C=O) groups is 1. The summed E-state index contributed by atoms with van der Waals surface area (Å²) in [5.74, 6) is 0.560. The Balaban J connectivity index is 2.30. The van der Waals surface area contributed by atoms with Crippen LogP contribution in [-0.2, 0) is 0 Å². The number of hydrogen-bond donors (Lipinski definition) is 0. The molecular formula is C15H13ClO2. The van der Waals surface area contributed by atoms with Gasteiger partial charge in [0.2, 0.25) is 0 Å². The van der Waals surface area contributed by atoms with E-state index in [0.717, 1.165) is 0 Å². The van der Waals surface area contributed by atoms with Crippen molar-refractivity contribution in [1.29, 1.82) is 0 Å². The predicted octanol–water partition coefficient (Wildman–Crippen LogP) is 3.97. The molecule has 3 heteroatoms. The zero-order valence-corrected chi connectivity index (χ0v) is 10.8. The van der Waals surface area contributed by atoms with E-state index < -0.39 is 0 Å². The van der Waals surface area contributed by atoms with Gasteiger partial charge in [-0.15, -0.1) is 0 Å². The molecule has 2 nitrogen and oxygen atoms in total. The van der Waals surface area contributed by atoms with E-state index in [9.17, 15) is 4.79 Å². The van der Waals surface area contributed by atoms with Crippen LogP contribution in [0.3, 0.4) is 0 Å². The van der Waals surface area contributed by atoms with Gasteiger partial charge in [0.05, 0.1) is 11.6 Å². The van der Waals surface area contributed by atoms with Gasteiger partial charge in [0, 0.05) is 11.1 Å². The lowest BCUT2D eigenvalue weighted by Crippen LogP contribution is -2.01. The summed E-state index contributed by atoms with van der Waals surface area (Å²) in [5, 5.41) is 0.457. The maximum atomic E-state index is 12.2. The first-order valence-corrected chi connectivity index (χ1v) is 6.12. The molecule has 0 aliphatic rings. The highest BCUT2D eigenvalue weighted by molar-refractivity contribution is 6.32. The number of hydrogen-bond acceptors (Lipinski definition) is 2. The second-order valence-electron chi connectivity index (χ2n) is 3.77. The number of rotatable bonds is 4. The van der Waals surface area contributed by atoms with Gasteiger partial charge >= 0.3 is 0 Å². The Hall–Kier alpha value is -1.80. The first kappa shape index (κ1) is 12.7. The molecule has 0 N–H and O–H groups in total. The van der Waals surface area contributed by atoms with Gasteiger partial charge in [-0.1, -0.05) is 41.9 Å². The van der Waals surface area contributed by atoms with Crippen LogP contribution < -0.4 is 4.74 Å². The molecule has 0 aromatic heterocycles. The lowest BCUT2D eigenvalue weighted by atomic mass is 10.0. The maximum Gasteiger partial charge on any atom is 0.193 e. The average Bonchev–Trinajstić information content (AvgIpc) is 2.41. The zero-order valence-electron chi connectivity index (χ0n) is 10.0. The average molecular weight is 261 g/mol. The summed E-state index contributed by atoms with van der Waals surface area (Å²) in [7, 11) is 0. The molecule has 0 bridgehead atoms. The molecule has 0 spiro atoms. The van der Waals surface area contributed by atoms with Crippen LogP contribution in [0, 0.1) is 0 Å². The Labute approximate surface area is 111 Å². The molecule has 0 amide bonds. The lowest BCUT2D eigenvalue weighted by Gasteiger charge is -2.07. The smallest absolute Gasteiger partial charge is 0.193 e. The molecule has 0 saturated heterocycles. The van der Waals surface area contributed by atoms with Crippen LogP contribution in [0.25, 0.3) is 0 Å². The van der Waals surface area contributed by atoms with Crippen molar-refractivity contribution >= 4 is 17.4 Å². The van der Waals surface area contributed by atoms with Crippen LogP contribution >= 0.6 is 11.6 Å². The molecule has 2 aromatic carbocycles. The minimum Gasteiger partial charge on any atom is -0.492 e. The highest BCUT2D eigenvalue weighted by Gasteiger charge is 2.11. The first-order chi connectivity index (χ1) is 8.72. The molecule has 0 fully saturated rings. The van der Waals surface area contributed by atoms with Crippen molar-refractivity contribution < 1.29 is 9.53 Å². The normalized spacial score (nSPS) is 10.1. The molecule has 0 radical (unpaired) electrons. The van der Waals surface area contributed by atoms with Gasteiger partial charge in [0.15, 0.2) is 5.78 Å². The van der Waals surface area contributed by atoms with Gasteiger partial charge in [-0.3, -0.25) is 4.79 Å². The van der Waals surface area contributed by atoms with Crippen LogP contribution in [0.1, 0.15) is 22.8 Å². The topological polar surface area (TPSA) is 26.3 Å². The Kier molecular flexibility index (Phi) is 4.00. The number of carbonyl (C=O) groups excluding carboxylic acids is 1. The lowest BCUT2D eigenvalue weighted by molar-refractivity contribution is 0.103. The third kappa shape index (κ3) is 2.71. The molecule has 0 unspecified atom stereocenters. The maximum absolute atomic E-state index is 12.2. The van der Waals surface area contributed by atoms with E-state index in [2.05, 4.69) is 0 Å². The van der Waals surface area contributed by atoms with Crippen LogP contribution in [-0.4, -0.2) is 12.4 Å². The number of ether oxygens (including phenoxy) is 1. The van der Waals surface area contributed by atoms with E-state index in [1.165, 1.54) is 0 Å². The summed E-state index contributed by atoms with van der Waals surface area (Å²) in [5.41, 5.74) is 1.22. The fourth-order valence-corrected chi connectivity index (χ4v) is 1.91. The second kappa shape index (κ2) is 5.69. The van der Waals surface area contributed by atoms with E-state index in [-0.39, 0.29) is 5.78 Å². The Morgan fingerprint density at radius 3 is 2.44 bits per heavy atom. The quantitative estimate of drug-likeness (QED) is 0.778. The van der Waals surface area contributed by atoms with E-state index in [1.54, 1.807) is 30.3 Å². The van der Waals surface area contributed by atoms with E-state index in [4.69, 9.17) is 16.3 Å². The summed E-state index contributed by atoms with van der Waals surface area (Å²) in [4.78, 5) is 12.2. The molecule has 0 aliphatic heterocycles. The Morgan fingerprint density at radius 1 is 1.11 bits per heavy atom. The summed E-state index contributed by atoms with van der Waals surface area (Å²) in [6.07, 6.45) is 0. The molecule has 0 aliphatic carbocycles. The van der Waals surface area contributed by atoms with Crippen molar-refractivity contribution in [2.45, 2.75) is 6.92 Å². The molecule has 2 aromatic rings. The highest BCUT2D eigenvalue weighted by Crippen LogP contribution is 2.26. The van der Waals surface area contributed by atoms with Crippen LogP contribution in [0.4, 0.5) is 0 Å². The van der Waals surface area contributed by atoms with Crippen LogP contribution in [0.15, 0.2) is 48.5 Å². The third-order valence-corrected chi connectivity index (χ3v) is 2.83. The predicted molar refractivity (Wildman–Crippen MR) is 72.5 cm³/mol. The van der Waals surface area contributed by atoms with Crippen molar-refractivity contribution in [3.63, 3.8) is 0 Å². The van der Waals surface area contributed by atoms with E-state index in [0.29, 0.717) is 28.5 Å². The number of halogens is 1. The molecule has 2 rings (SSSR count). The SMILES string of the molecule is CCOc1ccc(C(=O)c2ccccc2)cc1Cl. The highest BCUT2D eigenvalue weighted by atomic mass is 35.5. The third-order valence-electron chi connectivity index (χ3n) is 2.53. The van der Waals surface area contributed by atoms with E-state index in [1.807, 2.05) is 25.1 Å². The van der Waals surface area contributed by atoms with Crippen molar-refractivity contribution in [3.05, 3.63) is 64.7 Å². The Morgan fingerprint density at radius 2 is 1.83 bits per heavy atom. The molecule has 0 saturated carbocycles. The van der Waals surface area contributed by atoms with Gasteiger partial charge in [0.1, 0.15) is 5.75 Å². The van der Waals surface area contributed by atoms with Crippen LogP contribution in [0.5, 0.6) is 5.75 Å². The summed E-state index contributed by atoms with van der Waals surface area (Å²) in [6.45, 7) is 2.44. The number of ketones is 1. The standard InChI is InChI=1S/C15H13ClO2/c1-2-18-14-9-8-12(10-13(14)16)15(17)11-6-4-3-5-7-11/h3-10H,2H2,1H3. The number of benzene rings is 2. The molecule has 0 atom stereocenters. The van der Waals surface area contributed by atoms with Gasteiger partial charge in [-0.25, -0.2) is 0 Å². The Bertz CT molecular complexity index is 550. The molecular weight excluding hydrogens is 248 g/mol. The van der Waals surface area contributed by atoms with Crippen molar-refractivity contribution in [1.82, 2.24) is 0 Å². The van der Waals surface area contributed by atoms with Gasteiger partial charge in [0.25, 0.3) is 0 Å². The first-order valence-electron chi connectivity index (χ1n) is 5.74. The van der Waals surface area contributed by atoms with Gasteiger partial charge < -0.3 is 4.74 Å². The second-order valence-corrected chi connectivity index (χ2v) is 4.18. The van der Waals surface area contributed by atoms with Crippen LogP contribution in [0.2, 0.25) is 5.02 Å². The monoisotopic (exact) mass is 260 g/mol. The van der Waals surface area contributed by atoms with E-state index >= 15 is 0 Å². The summed E-state index contributed by atoms with van der Waals surface area (Å²) in [6, 6.07) is 14.2. The van der Waals surface area contributed by atoms with Crippen molar-refractivity contribution in [3.8, 4) is 5.75 Å². The zero-order chi connectivity index (χ0) is 13.0. The minimum atomic E-state index is -0.0412. The largest absolute Gasteiger partial charge is 0.492 e. The summed E-state index contributed by atoms with van der Waals surface area (Å²) < 4.78 is 5.33. The fraction of sp³-hybridized carbons (Fsp3) is 0.133. The van der Waals surface area contributed by atoms with Crippen molar-refractivity contribution in [2.75, 3.05) is 6.61 Å².